The molecule has 1 aromatic carbocycles. The van der Waals surface area contributed by atoms with Gasteiger partial charge in [-0.1, -0.05) is 0 Å². The van der Waals surface area contributed by atoms with Crippen LogP contribution < -0.4 is 14.8 Å². The summed E-state index contributed by atoms with van der Waals surface area (Å²) in [4.78, 5) is 24.1. The standard InChI is InChI=1S/C20H27NO6/c1-25-16-7-6-14(12-17(16)27-15-4-2-3-5-15)19(24)21-20(13-18(22)23)8-10-26-11-9-20/h6-7,12,15H,2-5,8-11,13H2,1H3,(H,21,24)(H,22,23). The van der Waals surface area contributed by atoms with E-state index in [0.29, 0.717) is 43.1 Å². The maximum atomic E-state index is 12.8. The van der Waals surface area contributed by atoms with Gasteiger partial charge in [0.2, 0.25) is 0 Å². The highest BCUT2D eigenvalue weighted by atomic mass is 16.5. The predicted molar refractivity (Wildman–Crippen MR) is 98.4 cm³/mol. The van der Waals surface area contributed by atoms with Gasteiger partial charge in [0, 0.05) is 18.8 Å². The van der Waals surface area contributed by atoms with Crippen molar-refractivity contribution in [3.05, 3.63) is 23.8 Å². The Morgan fingerprint density at radius 2 is 1.93 bits per heavy atom. The fourth-order valence-corrected chi connectivity index (χ4v) is 3.81. The molecule has 1 amide bonds. The Bertz CT molecular complexity index is 677. The Hall–Kier alpha value is -2.28. The maximum Gasteiger partial charge on any atom is 0.305 e. The molecule has 1 saturated carbocycles. The van der Waals surface area contributed by atoms with Crippen molar-refractivity contribution in [1.29, 1.82) is 0 Å². The highest BCUT2D eigenvalue weighted by Gasteiger charge is 2.36. The summed E-state index contributed by atoms with van der Waals surface area (Å²) in [7, 11) is 1.57. The molecule has 0 atom stereocenters. The summed E-state index contributed by atoms with van der Waals surface area (Å²) in [5.41, 5.74) is -0.354. The molecule has 1 saturated heterocycles. The van der Waals surface area contributed by atoms with E-state index in [1.54, 1.807) is 25.3 Å². The minimum atomic E-state index is -0.933. The van der Waals surface area contributed by atoms with Crippen molar-refractivity contribution in [2.24, 2.45) is 0 Å². The predicted octanol–water partition coefficient (Wildman–Crippen LogP) is 2.77. The number of nitrogens with one attached hydrogen (secondary N) is 1. The van der Waals surface area contributed by atoms with E-state index in [9.17, 15) is 14.7 Å². The molecule has 2 N–H and O–H groups in total. The zero-order chi connectivity index (χ0) is 19.3. The molecule has 0 aromatic heterocycles. The van der Waals surface area contributed by atoms with Crippen LogP contribution in [-0.2, 0) is 9.53 Å². The molecule has 148 valence electrons. The zero-order valence-corrected chi connectivity index (χ0v) is 15.7. The van der Waals surface area contributed by atoms with E-state index in [0.717, 1.165) is 25.7 Å². The maximum absolute atomic E-state index is 12.8. The van der Waals surface area contributed by atoms with Crippen molar-refractivity contribution >= 4 is 11.9 Å². The van der Waals surface area contributed by atoms with Crippen LogP contribution in [0.5, 0.6) is 11.5 Å². The number of benzene rings is 1. The number of carboxylic acids is 1. The Balaban J connectivity index is 1.77. The Labute approximate surface area is 159 Å². The Kier molecular flexibility index (Phi) is 6.21. The molecule has 0 unspecified atom stereocenters. The van der Waals surface area contributed by atoms with Crippen LogP contribution in [0, 0.1) is 0 Å². The average molecular weight is 377 g/mol. The van der Waals surface area contributed by atoms with E-state index in [1.807, 2.05) is 0 Å². The van der Waals surface area contributed by atoms with Crippen LogP contribution in [0.3, 0.4) is 0 Å². The SMILES string of the molecule is COc1ccc(C(=O)NC2(CC(=O)O)CCOCC2)cc1OC1CCCC1. The monoisotopic (exact) mass is 377 g/mol. The van der Waals surface area contributed by atoms with Gasteiger partial charge >= 0.3 is 5.97 Å². The smallest absolute Gasteiger partial charge is 0.305 e. The van der Waals surface area contributed by atoms with Crippen LogP contribution in [0.4, 0.5) is 0 Å². The lowest BCUT2D eigenvalue weighted by Gasteiger charge is -2.36. The number of aliphatic carboxylic acids is 1. The van der Waals surface area contributed by atoms with Crippen molar-refractivity contribution in [2.75, 3.05) is 20.3 Å². The summed E-state index contributed by atoms with van der Waals surface area (Å²) in [6.45, 7) is 0.873. The van der Waals surface area contributed by atoms with Gasteiger partial charge < -0.3 is 24.6 Å². The number of methoxy groups -OCH3 is 1. The molecule has 1 heterocycles. The zero-order valence-electron chi connectivity index (χ0n) is 15.7. The first-order chi connectivity index (χ1) is 13.0. The molecule has 27 heavy (non-hydrogen) atoms. The molecule has 1 aromatic rings. The lowest BCUT2D eigenvalue weighted by Crippen LogP contribution is -2.53. The fraction of sp³-hybridized carbons (Fsp3) is 0.600. The molecular weight excluding hydrogens is 350 g/mol. The molecule has 2 fully saturated rings. The Morgan fingerprint density at radius 3 is 2.56 bits per heavy atom. The summed E-state index contributed by atoms with van der Waals surface area (Å²) in [5, 5.41) is 12.2. The number of carbonyl (C=O) groups is 2. The molecule has 1 aliphatic carbocycles. The minimum Gasteiger partial charge on any atom is -0.493 e. The van der Waals surface area contributed by atoms with Crippen LogP contribution in [0.15, 0.2) is 18.2 Å². The summed E-state index contributed by atoms with van der Waals surface area (Å²) < 4.78 is 16.7. The molecule has 7 heteroatoms. The number of carbonyl (C=O) groups excluding carboxylic acids is 1. The van der Waals surface area contributed by atoms with Crippen molar-refractivity contribution in [2.45, 2.75) is 56.6 Å². The van der Waals surface area contributed by atoms with E-state index in [2.05, 4.69) is 5.32 Å². The first kappa shape index (κ1) is 19.5. The third-order valence-corrected chi connectivity index (χ3v) is 5.34. The summed E-state index contributed by atoms with van der Waals surface area (Å²) in [5.74, 6) is -0.102. The van der Waals surface area contributed by atoms with Gasteiger partial charge in [-0.15, -0.1) is 0 Å². The molecule has 0 bridgehead atoms. The number of rotatable bonds is 7. The van der Waals surface area contributed by atoms with Crippen LogP contribution in [0.25, 0.3) is 0 Å². The van der Waals surface area contributed by atoms with Gasteiger partial charge in [0.1, 0.15) is 0 Å². The molecule has 7 nitrogen and oxygen atoms in total. The summed E-state index contributed by atoms with van der Waals surface area (Å²) in [6.07, 6.45) is 5.27. The van der Waals surface area contributed by atoms with Crippen molar-refractivity contribution in [3.8, 4) is 11.5 Å². The minimum absolute atomic E-state index is 0.121. The summed E-state index contributed by atoms with van der Waals surface area (Å²) >= 11 is 0. The number of ether oxygens (including phenoxy) is 3. The van der Waals surface area contributed by atoms with E-state index >= 15 is 0 Å². The van der Waals surface area contributed by atoms with E-state index in [4.69, 9.17) is 14.2 Å². The normalized spacial score (nSPS) is 19.4. The number of carboxylic acid groups (broad SMARTS) is 1. The van der Waals surface area contributed by atoms with Gasteiger partial charge in [0.25, 0.3) is 5.91 Å². The summed E-state index contributed by atoms with van der Waals surface area (Å²) in [6, 6.07) is 5.07. The third kappa shape index (κ3) is 4.91. The van der Waals surface area contributed by atoms with Gasteiger partial charge in [-0.2, -0.15) is 0 Å². The molecular formula is C20H27NO6. The van der Waals surface area contributed by atoms with Crippen LogP contribution in [0.2, 0.25) is 0 Å². The van der Waals surface area contributed by atoms with E-state index < -0.39 is 11.5 Å². The van der Waals surface area contributed by atoms with Gasteiger partial charge in [0.05, 0.1) is 25.2 Å². The van der Waals surface area contributed by atoms with Gasteiger partial charge in [-0.3, -0.25) is 9.59 Å². The second-order valence-corrected chi connectivity index (χ2v) is 7.31. The van der Waals surface area contributed by atoms with E-state index in [-0.39, 0.29) is 18.4 Å². The second kappa shape index (κ2) is 8.61. The highest BCUT2D eigenvalue weighted by molar-refractivity contribution is 5.95. The Morgan fingerprint density at radius 1 is 1.22 bits per heavy atom. The molecule has 0 spiro atoms. The average Bonchev–Trinajstić information content (AvgIpc) is 3.14. The van der Waals surface area contributed by atoms with Crippen molar-refractivity contribution in [1.82, 2.24) is 5.32 Å². The van der Waals surface area contributed by atoms with Gasteiger partial charge in [-0.05, 0) is 56.7 Å². The number of hydrogen-bond acceptors (Lipinski definition) is 5. The molecule has 1 aliphatic heterocycles. The lowest BCUT2D eigenvalue weighted by molar-refractivity contribution is -0.139. The van der Waals surface area contributed by atoms with Gasteiger partial charge in [-0.25, -0.2) is 0 Å². The second-order valence-electron chi connectivity index (χ2n) is 7.31. The molecule has 0 radical (unpaired) electrons. The highest BCUT2D eigenvalue weighted by Crippen LogP contribution is 2.33. The van der Waals surface area contributed by atoms with Crippen molar-refractivity contribution < 1.29 is 28.9 Å². The molecule has 2 aliphatic rings. The number of hydrogen-bond donors (Lipinski definition) is 2. The number of amides is 1. The third-order valence-electron chi connectivity index (χ3n) is 5.34. The topological polar surface area (TPSA) is 94.1 Å². The fourth-order valence-electron chi connectivity index (χ4n) is 3.81. The lowest BCUT2D eigenvalue weighted by atomic mass is 9.86. The first-order valence-corrected chi connectivity index (χ1v) is 9.48. The van der Waals surface area contributed by atoms with Crippen LogP contribution in [-0.4, -0.2) is 48.9 Å². The first-order valence-electron chi connectivity index (χ1n) is 9.48. The quantitative estimate of drug-likeness (QED) is 0.759. The van der Waals surface area contributed by atoms with Crippen LogP contribution >= 0.6 is 0 Å². The van der Waals surface area contributed by atoms with E-state index in [1.165, 1.54) is 0 Å². The van der Waals surface area contributed by atoms with Crippen LogP contribution in [0.1, 0.15) is 55.3 Å². The largest absolute Gasteiger partial charge is 0.493 e. The molecule has 3 rings (SSSR count). The van der Waals surface area contributed by atoms with Gasteiger partial charge in [0.15, 0.2) is 11.5 Å². The van der Waals surface area contributed by atoms with Crippen molar-refractivity contribution in [3.63, 3.8) is 0 Å².